The number of nitrogens with one attached hydrogen (secondary N) is 1. The highest BCUT2D eigenvalue weighted by molar-refractivity contribution is 14.1. The molecule has 0 unspecified atom stereocenters. The summed E-state index contributed by atoms with van der Waals surface area (Å²) in [5, 5.41) is 4.30. The average molecular weight is 375 g/mol. The zero-order valence-electron chi connectivity index (χ0n) is 9.20. The minimum Gasteiger partial charge on any atom is -0.279 e. The predicted molar refractivity (Wildman–Crippen MR) is 81.8 cm³/mol. The Morgan fingerprint density at radius 3 is 2.56 bits per heavy atom. The van der Waals surface area contributed by atoms with Gasteiger partial charge in [0.15, 0.2) is 0 Å². The molecule has 0 amide bonds. The van der Waals surface area contributed by atoms with E-state index in [0.717, 1.165) is 9.26 Å². The second kappa shape index (κ2) is 6.15. The van der Waals surface area contributed by atoms with E-state index < -0.39 is 5.82 Å². The molecule has 0 aromatic heterocycles. The quantitative estimate of drug-likeness (QED) is 0.476. The monoisotopic (exact) mass is 374 g/mol. The van der Waals surface area contributed by atoms with Crippen LogP contribution in [0.25, 0.3) is 0 Å². The van der Waals surface area contributed by atoms with Crippen molar-refractivity contribution in [3.05, 3.63) is 62.4 Å². The average Bonchev–Trinajstić information content (AvgIpc) is 2.35. The van der Waals surface area contributed by atoms with Crippen molar-refractivity contribution in [2.45, 2.75) is 0 Å². The summed E-state index contributed by atoms with van der Waals surface area (Å²) >= 11 is 8.09. The third-order valence-electron chi connectivity index (χ3n) is 2.23. The lowest BCUT2D eigenvalue weighted by atomic mass is 10.2. The van der Waals surface area contributed by atoms with Gasteiger partial charge in [0.05, 0.1) is 16.9 Å². The van der Waals surface area contributed by atoms with Gasteiger partial charge in [0.1, 0.15) is 5.82 Å². The first-order valence-electron chi connectivity index (χ1n) is 5.15. The van der Waals surface area contributed by atoms with Gasteiger partial charge in [-0.25, -0.2) is 4.39 Å². The smallest absolute Gasteiger partial charge is 0.133 e. The second-order valence-corrected chi connectivity index (χ2v) is 5.17. The highest BCUT2D eigenvalue weighted by atomic mass is 127. The highest BCUT2D eigenvalue weighted by Gasteiger charge is 2.03. The zero-order chi connectivity index (χ0) is 13.0. The maximum atomic E-state index is 13.4. The van der Waals surface area contributed by atoms with E-state index in [1.165, 1.54) is 12.3 Å². The molecule has 0 aliphatic carbocycles. The molecule has 0 bridgehead atoms. The molecular formula is C13H9ClFIN2. The Kier molecular flexibility index (Phi) is 4.54. The summed E-state index contributed by atoms with van der Waals surface area (Å²) in [6.45, 7) is 0. The molecule has 0 atom stereocenters. The van der Waals surface area contributed by atoms with Crippen molar-refractivity contribution in [3.8, 4) is 0 Å². The predicted octanol–water partition coefficient (Wildman–Crippen LogP) is 4.53. The van der Waals surface area contributed by atoms with Crippen molar-refractivity contribution in [3.63, 3.8) is 0 Å². The van der Waals surface area contributed by atoms with E-state index in [0.29, 0.717) is 5.02 Å². The van der Waals surface area contributed by atoms with E-state index in [4.69, 9.17) is 11.6 Å². The second-order valence-electron chi connectivity index (χ2n) is 3.51. The van der Waals surface area contributed by atoms with Gasteiger partial charge >= 0.3 is 0 Å². The number of halogens is 3. The summed E-state index contributed by atoms with van der Waals surface area (Å²) in [7, 11) is 0. The minimum absolute atomic E-state index is 0.275. The van der Waals surface area contributed by atoms with Gasteiger partial charge in [0, 0.05) is 9.13 Å². The fourth-order valence-corrected chi connectivity index (χ4v) is 1.90. The standard InChI is InChI=1S/C13H9ClFIN2/c14-12-2-1-3-13(15)11(12)8-17-18-10-6-4-9(16)5-7-10/h1-8,18H/b17-8-. The molecule has 0 saturated carbocycles. The number of anilines is 1. The molecule has 5 heteroatoms. The number of hydrogen-bond donors (Lipinski definition) is 1. The molecule has 1 N–H and O–H groups in total. The van der Waals surface area contributed by atoms with Crippen LogP contribution in [0, 0.1) is 9.39 Å². The molecule has 2 nitrogen and oxygen atoms in total. The lowest BCUT2D eigenvalue weighted by Crippen LogP contribution is -1.94. The van der Waals surface area contributed by atoms with Crippen LogP contribution in [0.3, 0.4) is 0 Å². The van der Waals surface area contributed by atoms with Crippen molar-refractivity contribution < 1.29 is 4.39 Å². The Bertz CT molecular complexity index is 549. The van der Waals surface area contributed by atoms with E-state index in [-0.39, 0.29) is 5.56 Å². The topological polar surface area (TPSA) is 24.4 Å². The molecule has 0 fully saturated rings. The molecule has 0 spiro atoms. The molecule has 0 aliphatic rings. The van der Waals surface area contributed by atoms with Crippen LogP contribution in [-0.2, 0) is 0 Å². The van der Waals surface area contributed by atoms with E-state index >= 15 is 0 Å². The third-order valence-corrected chi connectivity index (χ3v) is 3.28. The van der Waals surface area contributed by atoms with E-state index in [2.05, 4.69) is 33.1 Å². The van der Waals surface area contributed by atoms with Gasteiger partial charge < -0.3 is 0 Å². The van der Waals surface area contributed by atoms with Crippen molar-refractivity contribution in [2.75, 3.05) is 5.43 Å². The summed E-state index contributed by atoms with van der Waals surface area (Å²) in [5.41, 5.74) is 3.92. The van der Waals surface area contributed by atoms with Gasteiger partial charge in [0.2, 0.25) is 0 Å². The summed E-state index contributed by atoms with van der Waals surface area (Å²) in [6.07, 6.45) is 1.37. The zero-order valence-corrected chi connectivity index (χ0v) is 12.1. The first-order valence-corrected chi connectivity index (χ1v) is 6.61. The SMILES string of the molecule is Fc1cccc(Cl)c1/C=N\Nc1ccc(I)cc1. The van der Waals surface area contributed by atoms with Crippen molar-refractivity contribution in [2.24, 2.45) is 5.10 Å². The van der Waals surface area contributed by atoms with Crippen LogP contribution in [0.2, 0.25) is 5.02 Å². The van der Waals surface area contributed by atoms with Gasteiger partial charge in [-0.05, 0) is 59.0 Å². The van der Waals surface area contributed by atoms with Crippen LogP contribution in [-0.4, -0.2) is 6.21 Å². The molecule has 2 aromatic carbocycles. The fraction of sp³-hybridized carbons (Fsp3) is 0. The van der Waals surface area contributed by atoms with E-state index in [9.17, 15) is 4.39 Å². The summed E-state index contributed by atoms with van der Waals surface area (Å²) < 4.78 is 14.6. The Hall–Kier alpha value is -1.14. The molecule has 0 saturated heterocycles. The number of hydrogen-bond acceptors (Lipinski definition) is 2. The third kappa shape index (κ3) is 3.43. The van der Waals surface area contributed by atoms with Crippen LogP contribution >= 0.6 is 34.2 Å². The molecule has 0 heterocycles. The van der Waals surface area contributed by atoms with Crippen LogP contribution in [0.15, 0.2) is 47.6 Å². The van der Waals surface area contributed by atoms with Crippen molar-refractivity contribution in [1.82, 2.24) is 0 Å². The van der Waals surface area contributed by atoms with Crippen LogP contribution in [0.5, 0.6) is 0 Å². The first kappa shape index (κ1) is 13.3. The lowest BCUT2D eigenvalue weighted by Gasteiger charge is -2.01. The lowest BCUT2D eigenvalue weighted by molar-refractivity contribution is 0.626. The molecular weight excluding hydrogens is 366 g/mol. The molecule has 92 valence electrons. The number of hydrazone groups is 1. The minimum atomic E-state index is -0.393. The Morgan fingerprint density at radius 2 is 1.89 bits per heavy atom. The summed E-state index contributed by atoms with van der Waals surface area (Å²) in [4.78, 5) is 0. The summed E-state index contributed by atoms with van der Waals surface area (Å²) in [6, 6.07) is 12.2. The molecule has 2 aromatic rings. The molecule has 0 aliphatic heterocycles. The number of nitrogens with zero attached hydrogens (tertiary/aromatic N) is 1. The normalized spacial score (nSPS) is 10.8. The molecule has 0 radical (unpaired) electrons. The van der Waals surface area contributed by atoms with Gasteiger partial charge in [0.25, 0.3) is 0 Å². The van der Waals surface area contributed by atoms with E-state index in [1.54, 1.807) is 12.1 Å². The Balaban J connectivity index is 2.10. The maximum Gasteiger partial charge on any atom is 0.133 e. The van der Waals surface area contributed by atoms with Gasteiger partial charge in [-0.3, -0.25) is 5.43 Å². The maximum absolute atomic E-state index is 13.4. The van der Waals surface area contributed by atoms with Gasteiger partial charge in [-0.2, -0.15) is 5.10 Å². The van der Waals surface area contributed by atoms with Crippen molar-refractivity contribution in [1.29, 1.82) is 0 Å². The van der Waals surface area contributed by atoms with Gasteiger partial charge in [-0.1, -0.05) is 17.7 Å². The van der Waals surface area contributed by atoms with E-state index in [1.807, 2.05) is 24.3 Å². The molecule has 2 rings (SSSR count). The number of benzene rings is 2. The van der Waals surface area contributed by atoms with Crippen LogP contribution in [0.1, 0.15) is 5.56 Å². The first-order chi connectivity index (χ1) is 8.66. The summed E-state index contributed by atoms with van der Waals surface area (Å²) in [5.74, 6) is -0.393. The fourth-order valence-electron chi connectivity index (χ4n) is 1.33. The van der Waals surface area contributed by atoms with Crippen LogP contribution < -0.4 is 5.43 Å². The Labute approximate surface area is 123 Å². The highest BCUT2D eigenvalue weighted by Crippen LogP contribution is 2.17. The van der Waals surface area contributed by atoms with Gasteiger partial charge in [-0.15, -0.1) is 0 Å². The molecule has 18 heavy (non-hydrogen) atoms. The largest absolute Gasteiger partial charge is 0.279 e. The van der Waals surface area contributed by atoms with Crippen molar-refractivity contribution >= 4 is 46.1 Å². The van der Waals surface area contributed by atoms with Crippen LogP contribution in [0.4, 0.5) is 10.1 Å². The Morgan fingerprint density at radius 1 is 1.17 bits per heavy atom. The number of rotatable bonds is 3.